The molecule has 3 N–H and O–H groups in total. The second kappa shape index (κ2) is 6.53. The Bertz CT molecular complexity index is 640. The summed E-state index contributed by atoms with van der Waals surface area (Å²) in [5, 5.41) is 19.7. The van der Waals surface area contributed by atoms with Gasteiger partial charge in [0.05, 0.1) is 5.69 Å². The van der Waals surface area contributed by atoms with Crippen LogP contribution in [0.2, 0.25) is 0 Å². The molecule has 1 saturated carbocycles. The van der Waals surface area contributed by atoms with Crippen molar-refractivity contribution in [1.29, 1.82) is 0 Å². The van der Waals surface area contributed by atoms with E-state index in [0.29, 0.717) is 21.4 Å². The Kier molecular flexibility index (Phi) is 4.49. The molecule has 118 valence electrons. The quantitative estimate of drug-likeness (QED) is 0.792. The summed E-state index contributed by atoms with van der Waals surface area (Å²) in [4.78, 5) is 21.5. The van der Waals surface area contributed by atoms with E-state index in [4.69, 9.17) is 0 Å². The Morgan fingerprint density at radius 1 is 1.50 bits per heavy atom. The van der Waals surface area contributed by atoms with Crippen molar-refractivity contribution in [2.24, 2.45) is 5.92 Å². The van der Waals surface area contributed by atoms with Gasteiger partial charge in [-0.3, -0.25) is 9.89 Å². The molecule has 2 atom stereocenters. The van der Waals surface area contributed by atoms with Crippen molar-refractivity contribution in [2.45, 2.75) is 38.6 Å². The molecule has 1 aliphatic rings. The van der Waals surface area contributed by atoms with Crippen molar-refractivity contribution in [3.05, 3.63) is 16.9 Å². The number of hydrogen-bond acceptors (Lipinski definition) is 6. The Morgan fingerprint density at radius 2 is 2.32 bits per heavy atom. The van der Waals surface area contributed by atoms with Crippen molar-refractivity contribution in [2.75, 3.05) is 6.61 Å². The molecule has 2 unspecified atom stereocenters. The highest BCUT2D eigenvalue weighted by atomic mass is 32.1. The topological polar surface area (TPSA) is 104 Å². The van der Waals surface area contributed by atoms with Crippen LogP contribution in [-0.4, -0.2) is 43.8 Å². The maximum atomic E-state index is 12.5. The molecule has 8 heteroatoms. The highest BCUT2D eigenvalue weighted by Gasteiger charge is 2.27. The van der Waals surface area contributed by atoms with Crippen LogP contribution in [0.25, 0.3) is 10.8 Å². The van der Waals surface area contributed by atoms with E-state index in [-0.39, 0.29) is 24.5 Å². The van der Waals surface area contributed by atoms with Gasteiger partial charge < -0.3 is 10.4 Å². The van der Waals surface area contributed by atoms with Gasteiger partial charge in [0, 0.05) is 18.6 Å². The van der Waals surface area contributed by atoms with Gasteiger partial charge >= 0.3 is 0 Å². The lowest BCUT2D eigenvalue weighted by Crippen LogP contribution is -2.43. The monoisotopic (exact) mass is 321 g/mol. The molecule has 1 fully saturated rings. The summed E-state index contributed by atoms with van der Waals surface area (Å²) >= 11 is 1.30. The second-order valence-electron chi connectivity index (χ2n) is 5.57. The van der Waals surface area contributed by atoms with Crippen molar-refractivity contribution >= 4 is 17.2 Å². The largest absolute Gasteiger partial charge is 0.396 e. The summed E-state index contributed by atoms with van der Waals surface area (Å²) in [5.41, 5.74) is 0.685. The minimum atomic E-state index is -0.119. The van der Waals surface area contributed by atoms with Crippen molar-refractivity contribution in [1.82, 2.24) is 25.5 Å². The number of aromatic nitrogens is 4. The minimum Gasteiger partial charge on any atom is -0.396 e. The van der Waals surface area contributed by atoms with Crippen molar-refractivity contribution in [3.63, 3.8) is 0 Å². The lowest BCUT2D eigenvalue weighted by atomic mass is 9.85. The number of aliphatic hydroxyl groups is 1. The predicted octanol–water partition coefficient (Wildman–Crippen LogP) is 1.52. The molecule has 2 heterocycles. The maximum absolute atomic E-state index is 12.5. The van der Waals surface area contributed by atoms with Gasteiger partial charge in [-0.15, -0.1) is 11.3 Å². The molecule has 3 rings (SSSR count). The number of carbonyl (C=O) groups is 1. The van der Waals surface area contributed by atoms with Gasteiger partial charge in [-0.2, -0.15) is 5.10 Å². The zero-order chi connectivity index (χ0) is 15.5. The normalized spacial score (nSPS) is 21.7. The fourth-order valence-corrected chi connectivity index (χ4v) is 3.78. The number of nitrogens with zero attached hydrogens (tertiary/aromatic N) is 3. The van der Waals surface area contributed by atoms with E-state index in [2.05, 4.69) is 25.5 Å². The molecular weight excluding hydrogens is 302 g/mol. The number of nitrogens with one attached hydrogen (secondary N) is 2. The Morgan fingerprint density at radius 3 is 3.05 bits per heavy atom. The molecule has 2 aromatic rings. The molecule has 0 aromatic carbocycles. The first kappa shape index (κ1) is 15.1. The Hall–Kier alpha value is -1.80. The number of rotatable bonds is 4. The summed E-state index contributed by atoms with van der Waals surface area (Å²) in [5.74, 6) is 0.601. The third kappa shape index (κ3) is 3.02. The molecule has 22 heavy (non-hydrogen) atoms. The Balaban J connectivity index is 1.75. The molecule has 0 spiro atoms. The van der Waals surface area contributed by atoms with Gasteiger partial charge in [0.25, 0.3) is 5.91 Å². The number of aryl methyl sites for hydroxylation is 1. The molecule has 1 aliphatic carbocycles. The van der Waals surface area contributed by atoms with Crippen LogP contribution in [0.15, 0.2) is 6.33 Å². The summed E-state index contributed by atoms with van der Waals surface area (Å²) in [6, 6.07) is 0.0430. The van der Waals surface area contributed by atoms with Crippen molar-refractivity contribution in [3.8, 4) is 10.8 Å². The van der Waals surface area contributed by atoms with E-state index in [1.807, 2.05) is 6.92 Å². The SMILES string of the molecule is Cc1nc(-c2ncn[nH]2)sc1C(=O)NC1CCCCC1CO. The van der Waals surface area contributed by atoms with E-state index < -0.39 is 0 Å². The molecule has 1 amide bonds. The third-order valence-electron chi connectivity index (χ3n) is 4.08. The molecule has 7 nitrogen and oxygen atoms in total. The third-order valence-corrected chi connectivity index (χ3v) is 5.24. The Labute approximate surface area is 132 Å². The van der Waals surface area contributed by atoms with Crippen molar-refractivity contribution < 1.29 is 9.90 Å². The summed E-state index contributed by atoms with van der Waals surface area (Å²) in [6.45, 7) is 1.94. The molecular formula is C14H19N5O2S. The minimum absolute atomic E-state index is 0.0430. The van der Waals surface area contributed by atoms with Crippen LogP contribution in [0, 0.1) is 12.8 Å². The molecule has 0 saturated heterocycles. The van der Waals surface area contributed by atoms with E-state index in [1.54, 1.807) is 0 Å². The molecule has 0 aliphatic heterocycles. The highest BCUT2D eigenvalue weighted by molar-refractivity contribution is 7.17. The zero-order valence-corrected chi connectivity index (χ0v) is 13.2. The summed E-state index contributed by atoms with van der Waals surface area (Å²) in [6.07, 6.45) is 5.51. The van der Waals surface area contributed by atoms with Gasteiger partial charge in [0.2, 0.25) is 0 Å². The number of thiazole rings is 1. The van der Waals surface area contributed by atoms with Crippen LogP contribution in [0.3, 0.4) is 0 Å². The average molecular weight is 321 g/mol. The van der Waals surface area contributed by atoms with Gasteiger partial charge in [0.15, 0.2) is 10.8 Å². The fraction of sp³-hybridized carbons (Fsp3) is 0.571. The van der Waals surface area contributed by atoms with E-state index in [9.17, 15) is 9.90 Å². The van der Waals surface area contributed by atoms with Crippen LogP contribution in [0.4, 0.5) is 0 Å². The standard InChI is InChI=1S/C14H19N5O2S/c1-8-11(22-14(17-8)12-15-7-16-19-12)13(21)18-10-5-3-2-4-9(10)6-20/h7,9-10,20H,2-6H2,1H3,(H,18,21)(H,15,16,19). The van der Waals surface area contributed by atoms with E-state index in [1.165, 1.54) is 17.7 Å². The number of aromatic amines is 1. The zero-order valence-electron chi connectivity index (χ0n) is 12.4. The van der Waals surface area contributed by atoms with Gasteiger partial charge in [-0.25, -0.2) is 9.97 Å². The molecule has 0 bridgehead atoms. The van der Waals surface area contributed by atoms with Crippen LogP contribution in [0.5, 0.6) is 0 Å². The predicted molar refractivity (Wildman–Crippen MR) is 82.5 cm³/mol. The van der Waals surface area contributed by atoms with E-state index in [0.717, 1.165) is 25.7 Å². The van der Waals surface area contributed by atoms with Gasteiger partial charge in [-0.05, 0) is 19.8 Å². The first-order valence-corrected chi connectivity index (χ1v) is 8.25. The number of carbonyl (C=O) groups excluding carboxylic acids is 1. The second-order valence-corrected chi connectivity index (χ2v) is 6.57. The number of H-pyrrole nitrogens is 1. The fourth-order valence-electron chi connectivity index (χ4n) is 2.87. The summed E-state index contributed by atoms with van der Waals surface area (Å²) in [7, 11) is 0. The molecule has 0 radical (unpaired) electrons. The lowest BCUT2D eigenvalue weighted by Gasteiger charge is -2.30. The average Bonchev–Trinajstić information content (AvgIpc) is 3.17. The highest BCUT2D eigenvalue weighted by Crippen LogP contribution is 2.27. The first-order chi connectivity index (χ1) is 10.7. The van der Waals surface area contributed by atoms with Gasteiger partial charge in [-0.1, -0.05) is 12.8 Å². The van der Waals surface area contributed by atoms with E-state index >= 15 is 0 Å². The smallest absolute Gasteiger partial charge is 0.263 e. The number of hydrogen-bond donors (Lipinski definition) is 3. The number of amides is 1. The molecule has 2 aromatic heterocycles. The van der Waals surface area contributed by atoms with Crippen LogP contribution >= 0.6 is 11.3 Å². The first-order valence-electron chi connectivity index (χ1n) is 7.44. The maximum Gasteiger partial charge on any atom is 0.263 e. The van der Waals surface area contributed by atoms with Crippen LogP contribution in [-0.2, 0) is 0 Å². The number of aliphatic hydroxyl groups excluding tert-OH is 1. The van der Waals surface area contributed by atoms with Crippen LogP contribution < -0.4 is 5.32 Å². The lowest BCUT2D eigenvalue weighted by molar-refractivity contribution is 0.0876. The summed E-state index contributed by atoms with van der Waals surface area (Å²) < 4.78 is 0. The van der Waals surface area contributed by atoms with Gasteiger partial charge in [0.1, 0.15) is 11.2 Å². The van der Waals surface area contributed by atoms with Crippen LogP contribution in [0.1, 0.15) is 41.0 Å².